The Morgan fingerprint density at radius 3 is 2.62 bits per heavy atom. The average Bonchev–Trinajstić information content (AvgIpc) is 2.26. The van der Waals surface area contributed by atoms with Gasteiger partial charge in [0, 0.05) is 31.9 Å². The first-order valence-corrected chi connectivity index (χ1v) is 5.98. The molecule has 0 unspecified atom stereocenters. The molecule has 4 heteroatoms. The van der Waals surface area contributed by atoms with Gasteiger partial charge in [-0.05, 0) is 19.8 Å². The molecule has 16 heavy (non-hydrogen) atoms. The fraction of sp³-hybridized carbons (Fsp3) is 0.667. The van der Waals surface area contributed by atoms with Gasteiger partial charge >= 0.3 is 0 Å². The molecule has 0 radical (unpaired) electrons. The molecule has 0 aromatic carbocycles. The van der Waals surface area contributed by atoms with Crippen molar-refractivity contribution in [3.63, 3.8) is 0 Å². The molecule has 0 bridgehead atoms. The summed E-state index contributed by atoms with van der Waals surface area (Å²) in [5.74, 6) is 1.73. The molecule has 0 spiro atoms. The lowest BCUT2D eigenvalue weighted by atomic mass is 10.3. The summed E-state index contributed by atoms with van der Waals surface area (Å²) in [6.45, 7) is 8.24. The van der Waals surface area contributed by atoms with Gasteiger partial charge in [0.15, 0.2) is 0 Å². The van der Waals surface area contributed by atoms with E-state index >= 15 is 0 Å². The summed E-state index contributed by atoms with van der Waals surface area (Å²) in [7, 11) is 2.06. The lowest BCUT2D eigenvalue weighted by molar-refractivity contribution is 0.831. The number of nitrogens with one attached hydrogen (secondary N) is 1. The highest BCUT2D eigenvalue weighted by atomic mass is 15.2. The number of aromatic nitrogens is 2. The van der Waals surface area contributed by atoms with E-state index in [1.54, 1.807) is 0 Å². The van der Waals surface area contributed by atoms with Gasteiger partial charge in [-0.1, -0.05) is 13.8 Å². The molecule has 4 nitrogen and oxygen atoms in total. The molecule has 1 heterocycles. The number of anilines is 2. The van der Waals surface area contributed by atoms with Crippen molar-refractivity contribution in [2.24, 2.45) is 0 Å². The van der Waals surface area contributed by atoms with Gasteiger partial charge < -0.3 is 10.2 Å². The highest BCUT2D eigenvalue weighted by molar-refractivity contribution is 5.43. The SMILES string of the molecule is CCCNc1nc(C)cc(N(C)CCC)n1. The Morgan fingerprint density at radius 1 is 1.25 bits per heavy atom. The zero-order chi connectivity index (χ0) is 12.0. The van der Waals surface area contributed by atoms with Crippen LogP contribution in [0.4, 0.5) is 11.8 Å². The van der Waals surface area contributed by atoms with Crippen LogP contribution in [0.15, 0.2) is 6.07 Å². The van der Waals surface area contributed by atoms with Crippen molar-refractivity contribution in [2.45, 2.75) is 33.6 Å². The van der Waals surface area contributed by atoms with Crippen molar-refractivity contribution >= 4 is 11.8 Å². The highest BCUT2D eigenvalue weighted by Gasteiger charge is 2.05. The van der Waals surface area contributed by atoms with Gasteiger partial charge in [0.1, 0.15) is 5.82 Å². The quantitative estimate of drug-likeness (QED) is 0.802. The van der Waals surface area contributed by atoms with E-state index in [2.05, 4.69) is 41.1 Å². The van der Waals surface area contributed by atoms with Crippen molar-refractivity contribution in [2.75, 3.05) is 30.4 Å². The Hall–Kier alpha value is -1.32. The van der Waals surface area contributed by atoms with Crippen LogP contribution in [0.2, 0.25) is 0 Å². The van der Waals surface area contributed by atoms with Crippen LogP contribution in [-0.4, -0.2) is 30.1 Å². The first kappa shape index (κ1) is 12.7. The third-order valence-corrected chi connectivity index (χ3v) is 2.32. The van der Waals surface area contributed by atoms with Crippen LogP contribution in [0.25, 0.3) is 0 Å². The molecule has 0 atom stereocenters. The fourth-order valence-corrected chi connectivity index (χ4v) is 1.51. The Balaban J connectivity index is 2.80. The third-order valence-electron chi connectivity index (χ3n) is 2.32. The molecule has 0 aliphatic rings. The molecule has 1 rings (SSSR count). The lowest BCUT2D eigenvalue weighted by Gasteiger charge is -2.18. The van der Waals surface area contributed by atoms with E-state index in [4.69, 9.17) is 0 Å². The van der Waals surface area contributed by atoms with Crippen LogP contribution in [0.3, 0.4) is 0 Å². The topological polar surface area (TPSA) is 41.1 Å². The van der Waals surface area contributed by atoms with Crippen LogP contribution in [-0.2, 0) is 0 Å². The fourth-order valence-electron chi connectivity index (χ4n) is 1.51. The van der Waals surface area contributed by atoms with Crippen molar-refractivity contribution in [3.8, 4) is 0 Å². The Bertz CT molecular complexity index is 325. The minimum atomic E-state index is 0.736. The summed E-state index contributed by atoms with van der Waals surface area (Å²) in [6.07, 6.45) is 2.20. The number of rotatable bonds is 6. The number of nitrogens with zero attached hydrogens (tertiary/aromatic N) is 3. The normalized spacial score (nSPS) is 10.2. The Labute approximate surface area is 98.1 Å². The van der Waals surface area contributed by atoms with Crippen LogP contribution >= 0.6 is 0 Å². The predicted octanol–water partition coefficient (Wildman–Crippen LogP) is 2.45. The molecule has 90 valence electrons. The van der Waals surface area contributed by atoms with Gasteiger partial charge in [-0.15, -0.1) is 0 Å². The lowest BCUT2D eigenvalue weighted by Crippen LogP contribution is -2.20. The number of hydrogen-bond acceptors (Lipinski definition) is 4. The minimum Gasteiger partial charge on any atom is -0.360 e. The predicted molar refractivity (Wildman–Crippen MR) is 69.1 cm³/mol. The van der Waals surface area contributed by atoms with E-state index < -0.39 is 0 Å². The van der Waals surface area contributed by atoms with Crippen molar-refractivity contribution in [3.05, 3.63) is 11.8 Å². The van der Waals surface area contributed by atoms with Crippen LogP contribution in [0, 0.1) is 6.92 Å². The van der Waals surface area contributed by atoms with Gasteiger partial charge in [0.2, 0.25) is 5.95 Å². The molecule has 0 aliphatic heterocycles. The van der Waals surface area contributed by atoms with E-state index in [1.807, 2.05) is 13.0 Å². The summed E-state index contributed by atoms with van der Waals surface area (Å²) in [6, 6.07) is 2.02. The van der Waals surface area contributed by atoms with Crippen LogP contribution in [0.5, 0.6) is 0 Å². The second-order valence-electron chi connectivity index (χ2n) is 4.04. The largest absolute Gasteiger partial charge is 0.360 e. The van der Waals surface area contributed by atoms with E-state index in [1.165, 1.54) is 0 Å². The molecule has 1 aromatic rings. The second kappa shape index (κ2) is 6.30. The van der Waals surface area contributed by atoms with E-state index in [9.17, 15) is 0 Å². The molecular weight excluding hydrogens is 200 g/mol. The third kappa shape index (κ3) is 3.68. The van der Waals surface area contributed by atoms with Gasteiger partial charge in [0.25, 0.3) is 0 Å². The van der Waals surface area contributed by atoms with E-state index in [-0.39, 0.29) is 0 Å². The van der Waals surface area contributed by atoms with Gasteiger partial charge in [-0.3, -0.25) is 0 Å². The first-order valence-electron chi connectivity index (χ1n) is 5.98. The van der Waals surface area contributed by atoms with E-state index in [0.29, 0.717) is 0 Å². The molecule has 0 amide bonds. The van der Waals surface area contributed by atoms with Crippen LogP contribution < -0.4 is 10.2 Å². The molecular formula is C12H22N4. The van der Waals surface area contributed by atoms with Crippen molar-refractivity contribution < 1.29 is 0 Å². The Morgan fingerprint density at radius 2 is 2.00 bits per heavy atom. The number of hydrogen-bond donors (Lipinski definition) is 1. The first-order chi connectivity index (χ1) is 7.67. The summed E-state index contributed by atoms with van der Waals surface area (Å²) < 4.78 is 0. The maximum absolute atomic E-state index is 4.49. The Kier molecular flexibility index (Phi) is 5.02. The summed E-state index contributed by atoms with van der Waals surface area (Å²) in [4.78, 5) is 11.0. The molecule has 0 aliphatic carbocycles. The monoisotopic (exact) mass is 222 g/mol. The zero-order valence-electron chi connectivity index (χ0n) is 10.7. The summed E-state index contributed by atoms with van der Waals surface area (Å²) >= 11 is 0. The summed E-state index contributed by atoms with van der Waals surface area (Å²) in [5, 5.41) is 3.22. The van der Waals surface area contributed by atoms with Crippen LogP contribution in [0.1, 0.15) is 32.4 Å². The van der Waals surface area contributed by atoms with Crippen molar-refractivity contribution in [1.29, 1.82) is 0 Å². The average molecular weight is 222 g/mol. The van der Waals surface area contributed by atoms with E-state index in [0.717, 1.165) is 43.4 Å². The smallest absolute Gasteiger partial charge is 0.224 e. The molecule has 0 fully saturated rings. The standard InChI is InChI=1S/C12H22N4/c1-5-7-13-12-14-10(3)9-11(15-12)16(4)8-6-2/h9H,5-8H2,1-4H3,(H,13,14,15). The minimum absolute atomic E-state index is 0.736. The van der Waals surface area contributed by atoms with Gasteiger partial charge in [-0.2, -0.15) is 4.98 Å². The molecule has 0 saturated heterocycles. The maximum atomic E-state index is 4.49. The van der Waals surface area contributed by atoms with Gasteiger partial charge in [-0.25, -0.2) is 4.98 Å². The zero-order valence-corrected chi connectivity index (χ0v) is 10.7. The second-order valence-corrected chi connectivity index (χ2v) is 4.04. The molecule has 1 N–H and O–H groups in total. The molecule has 1 aromatic heterocycles. The van der Waals surface area contributed by atoms with Crippen molar-refractivity contribution in [1.82, 2.24) is 9.97 Å². The van der Waals surface area contributed by atoms with Gasteiger partial charge in [0.05, 0.1) is 0 Å². The summed E-state index contributed by atoms with van der Waals surface area (Å²) in [5.41, 5.74) is 1.01. The highest BCUT2D eigenvalue weighted by Crippen LogP contribution is 2.13. The maximum Gasteiger partial charge on any atom is 0.224 e. The number of aryl methyl sites for hydroxylation is 1. The molecule has 0 saturated carbocycles.